The van der Waals surface area contributed by atoms with Gasteiger partial charge in [-0.25, -0.2) is 0 Å². The molecule has 0 rings (SSSR count). The Morgan fingerprint density at radius 3 is 1.70 bits per heavy atom. The van der Waals surface area contributed by atoms with Crippen LogP contribution >= 0.6 is 0 Å². The van der Waals surface area contributed by atoms with Crippen LogP contribution < -0.4 is 61.8 Å². The van der Waals surface area contributed by atoms with E-state index in [0.717, 1.165) is 13.0 Å². The molecule has 0 amide bonds. The van der Waals surface area contributed by atoms with E-state index in [4.69, 9.17) is 0 Å². The van der Waals surface area contributed by atoms with E-state index >= 15 is 0 Å². The van der Waals surface area contributed by atoms with Crippen LogP contribution in [0.5, 0.6) is 0 Å². The van der Waals surface area contributed by atoms with E-state index in [1.807, 2.05) is 0 Å². The molecule has 0 aromatic rings. The smallest absolute Gasteiger partial charge is 0.548 e. The number of nitrogens with one attached hydrogen (secondary N) is 1. The molecule has 0 aliphatic carbocycles. The second-order valence-corrected chi connectivity index (χ2v) is 5.53. The van der Waals surface area contributed by atoms with Gasteiger partial charge in [0.2, 0.25) is 0 Å². The zero-order chi connectivity index (χ0) is 14.3. The molecule has 0 radical (unpaired) electrons. The molecule has 4 heteroatoms. The molecule has 0 aliphatic rings. The van der Waals surface area contributed by atoms with Gasteiger partial charge in [0.05, 0.1) is 5.97 Å². The summed E-state index contributed by atoms with van der Waals surface area (Å²) in [7, 11) is 0. The average molecular weight is 310 g/mol. The van der Waals surface area contributed by atoms with Crippen molar-refractivity contribution in [3.63, 3.8) is 0 Å². The van der Waals surface area contributed by atoms with Gasteiger partial charge in [-0.1, -0.05) is 71.1 Å². The minimum atomic E-state index is -1.01. The number of carboxylic acid groups (broad SMARTS) is 1. The summed E-state index contributed by atoms with van der Waals surface area (Å²) in [5.74, 6) is -1.01. The van der Waals surface area contributed by atoms with Gasteiger partial charge in [0, 0.05) is 6.04 Å². The molecule has 0 heterocycles. The van der Waals surface area contributed by atoms with Gasteiger partial charge in [-0.2, -0.15) is 0 Å². The summed E-state index contributed by atoms with van der Waals surface area (Å²) in [4.78, 5) is 10.5. The molecule has 20 heavy (non-hydrogen) atoms. The summed E-state index contributed by atoms with van der Waals surface area (Å²) in [6.45, 7) is 4.67. The Balaban J connectivity index is 0. The molecule has 0 bridgehead atoms. The summed E-state index contributed by atoms with van der Waals surface area (Å²) in [6.07, 6.45) is 14.5. The summed E-state index contributed by atoms with van der Waals surface area (Å²) in [5.41, 5.74) is 0. The Labute approximate surface area is 168 Å². The minimum Gasteiger partial charge on any atom is -0.548 e. The Bertz CT molecular complexity index is 213. The molecule has 3 nitrogen and oxygen atoms in total. The van der Waals surface area contributed by atoms with Crippen molar-refractivity contribution in [2.24, 2.45) is 0 Å². The average Bonchev–Trinajstić information content (AvgIpc) is 2.39. The molecule has 0 saturated heterocycles. The van der Waals surface area contributed by atoms with Crippen LogP contribution in [0, 0.1) is 0 Å². The Morgan fingerprint density at radius 2 is 1.30 bits per heavy atom. The van der Waals surface area contributed by atoms with Crippen LogP contribution in [-0.2, 0) is 4.79 Å². The first kappa shape index (κ1) is 23.3. The molecular weight excluding hydrogens is 277 g/mol. The first-order chi connectivity index (χ1) is 9.18. The summed E-state index contributed by atoms with van der Waals surface area (Å²) in [6, 6.07) is -0.525. The van der Waals surface area contributed by atoms with Crippen LogP contribution in [0.3, 0.4) is 0 Å². The van der Waals surface area contributed by atoms with Crippen LogP contribution in [-0.4, -0.2) is 18.6 Å². The number of carbonyl (C=O) groups is 1. The maximum absolute atomic E-state index is 10.5. The van der Waals surface area contributed by atoms with E-state index in [2.05, 4.69) is 12.2 Å². The van der Waals surface area contributed by atoms with E-state index in [-0.39, 0.29) is 51.4 Å². The molecular formula is C16H32KNO2. The number of carboxylic acids is 1. The van der Waals surface area contributed by atoms with E-state index in [1.165, 1.54) is 64.2 Å². The van der Waals surface area contributed by atoms with Gasteiger partial charge in [-0.3, -0.25) is 0 Å². The Kier molecular flexibility index (Phi) is 21.1. The van der Waals surface area contributed by atoms with Crippen molar-refractivity contribution in [3.05, 3.63) is 0 Å². The van der Waals surface area contributed by atoms with Gasteiger partial charge in [-0.05, 0) is 19.9 Å². The third-order valence-corrected chi connectivity index (χ3v) is 3.58. The molecule has 0 spiro atoms. The fraction of sp³-hybridized carbons (Fsp3) is 0.938. The zero-order valence-electron chi connectivity index (χ0n) is 13.9. The molecule has 1 unspecified atom stereocenters. The van der Waals surface area contributed by atoms with E-state index in [1.54, 1.807) is 6.92 Å². The van der Waals surface area contributed by atoms with E-state index < -0.39 is 12.0 Å². The number of rotatable bonds is 14. The van der Waals surface area contributed by atoms with E-state index in [9.17, 15) is 9.90 Å². The predicted molar refractivity (Wildman–Crippen MR) is 78.9 cm³/mol. The molecule has 0 fully saturated rings. The summed E-state index contributed by atoms with van der Waals surface area (Å²) in [5, 5.41) is 13.4. The standard InChI is InChI=1S/C16H33NO2.K/c1-3-4-5-6-7-8-9-10-11-12-13-14-17-15(2)16(18)19;/h15,17H,3-14H2,1-2H3,(H,18,19);/q;+1/p-1. The predicted octanol–water partition coefficient (Wildman–Crippen LogP) is 0.0294. The third kappa shape index (κ3) is 17.1. The number of aliphatic carboxylic acids is 1. The molecule has 1 N–H and O–H groups in total. The van der Waals surface area contributed by atoms with Crippen molar-refractivity contribution in [3.8, 4) is 0 Å². The second-order valence-electron chi connectivity index (χ2n) is 5.53. The molecule has 0 aromatic carbocycles. The van der Waals surface area contributed by atoms with Gasteiger partial charge in [0.15, 0.2) is 0 Å². The molecule has 0 aromatic heterocycles. The monoisotopic (exact) mass is 309 g/mol. The normalized spacial score (nSPS) is 11.9. The van der Waals surface area contributed by atoms with E-state index in [0.29, 0.717) is 0 Å². The molecule has 1 atom stereocenters. The topological polar surface area (TPSA) is 52.2 Å². The fourth-order valence-corrected chi connectivity index (χ4v) is 2.19. The van der Waals surface area contributed by atoms with Gasteiger partial charge in [0.25, 0.3) is 0 Å². The quantitative estimate of drug-likeness (QED) is 0.364. The van der Waals surface area contributed by atoms with Crippen LogP contribution in [0.4, 0.5) is 0 Å². The van der Waals surface area contributed by atoms with Crippen molar-refractivity contribution in [1.82, 2.24) is 5.32 Å². The third-order valence-electron chi connectivity index (χ3n) is 3.58. The second kappa shape index (κ2) is 18.1. The number of unbranched alkanes of at least 4 members (excludes halogenated alkanes) is 10. The van der Waals surface area contributed by atoms with Crippen molar-refractivity contribution in [2.45, 2.75) is 90.5 Å². The van der Waals surface area contributed by atoms with Gasteiger partial charge in [-0.15, -0.1) is 0 Å². The van der Waals surface area contributed by atoms with Crippen molar-refractivity contribution in [1.29, 1.82) is 0 Å². The summed E-state index contributed by atoms with van der Waals surface area (Å²) >= 11 is 0. The van der Waals surface area contributed by atoms with Crippen LogP contribution in [0.1, 0.15) is 84.5 Å². The Hall–Kier alpha value is 1.07. The number of hydrogen-bond donors (Lipinski definition) is 1. The first-order valence-electron chi connectivity index (χ1n) is 8.12. The first-order valence-corrected chi connectivity index (χ1v) is 8.12. The van der Waals surface area contributed by atoms with Gasteiger partial charge < -0.3 is 15.2 Å². The van der Waals surface area contributed by atoms with Crippen molar-refractivity contribution >= 4 is 5.97 Å². The minimum absolute atomic E-state index is 0. The Morgan fingerprint density at radius 1 is 0.900 bits per heavy atom. The molecule has 0 aliphatic heterocycles. The maximum atomic E-state index is 10.5. The number of hydrogen-bond acceptors (Lipinski definition) is 3. The van der Waals surface area contributed by atoms with Crippen LogP contribution in [0.2, 0.25) is 0 Å². The fourth-order valence-electron chi connectivity index (χ4n) is 2.19. The maximum Gasteiger partial charge on any atom is 1.00 e. The van der Waals surface area contributed by atoms with Crippen LogP contribution in [0.25, 0.3) is 0 Å². The summed E-state index contributed by atoms with van der Waals surface area (Å²) < 4.78 is 0. The van der Waals surface area contributed by atoms with Crippen molar-refractivity contribution in [2.75, 3.05) is 6.54 Å². The van der Waals surface area contributed by atoms with Gasteiger partial charge in [0.1, 0.15) is 0 Å². The van der Waals surface area contributed by atoms with Crippen LogP contribution in [0.15, 0.2) is 0 Å². The zero-order valence-corrected chi connectivity index (χ0v) is 17.0. The van der Waals surface area contributed by atoms with Gasteiger partial charge >= 0.3 is 51.4 Å². The molecule has 0 saturated carbocycles. The SMILES string of the molecule is CCCCCCCCCCCCCNC(C)C(=O)[O-].[K+]. The number of carbonyl (C=O) groups excluding carboxylic acids is 1. The largest absolute Gasteiger partial charge is 1.00 e. The molecule has 114 valence electrons. The van der Waals surface area contributed by atoms with Crippen molar-refractivity contribution < 1.29 is 61.3 Å².